The predicted octanol–water partition coefficient (Wildman–Crippen LogP) is 5.74. The van der Waals surface area contributed by atoms with Gasteiger partial charge in [-0.3, -0.25) is 0 Å². The standard InChI is InChI=1S/C22H14N/c1-2-9-17(10-3-1)23-20-13-7-6-12-19(20)22-18-11-5-4-8-16(18)14-15-21(22)23/h1-14H. The zero-order valence-electron chi connectivity index (χ0n) is 12.5. The summed E-state index contributed by atoms with van der Waals surface area (Å²) in [7, 11) is 0. The summed E-state index contributed by atoms with van der Waals surface area (Å²) in [6, 6.07) is 33.3. The first-order chi connectivity index (χ1) is 11.4. The lowest BCUT2D eigenvalue weighted by atomic mass is 10.0. The normalized spacial score (nSPS) is 11.5. The van der Waals surface area contributed by atoms with Gasteiger partial charge in [-0.15, -0.1) is 0 Å². The van der Waals surface area contributed by atoms with Gasteiger partial charge in [0.05, 0.1) is 11.0 Å². The maximum atomic E-state index is 3.51. The first kappa shape index (κ1) is 12.5. The van der Waals surface area contributed by atoms with E-state index in [9.17, 15) is 0 Å². The molecule has 0 fully saturated rings. The van der Waals surface area contributed by atoms with Crippen LogP contribution in [0.25, 0.3) is 38.3 Å². The Balaban J connectivity index is 2.07. The van der Waals surface area contributed by atoms with E-state index in [1.807, 2.05) is 0 Å². The highest BCUT2D eigenvalue weighted by molar-refractivity contribution is 6.21. The van der Waals surface area contributed by atoms with Crippen LogP contribution in [0.4, 0.5) is 0 Å². The van der Waals surface area contributed by atoms with Crippen LogP contribution in [-0.2, 0) is 0 Å². The van der Waals surface area contributed by atoms with Crippen molar-refractivity contribution in [2.45, 2.75) is 0 Å². The second-order valence-corrected chi connectivity index (χ2v) is 5.79. The Morgan fingerprint density at radius 1 is 0.652 bits per heavy atom. The smallest absolute Gasteiger partial charge is 0.0626 e. The van der Waals surface area contributed by atoms with Crippen LogP contribution in [0.3, 0.4) is 0 Å². The molecule has 0 aliphatic heterocycles. The molecule has 1 heteroatoms. The molecule has 0 aliphatic rings. The highest BCUT2D eigenvalue weighted by Gasteiger charge is 2.13. The van der Waals surface area contributed by atoms with Gasteiger partial charge in [0.15, 0.2) is 0 Å². The van der Waals surface area contributed by atoms with E-state index in [4.69, 9.17) is 0 Å². The van der Waals surface area contributed by atoms with Gasteiger partial charge in [0, 0.05) is 22.5 Å². The molecule has 0 N–H and O–H groups in total. The predicted molar refractivity (Wildman–Crippen MR) is 97.1 cm³/mol. The van der Waals surface area contributed by atoms with E-state index < -0.39 is 0 Å². The van der Waals surface area contributed by atoms with E-state index in [1.54, 1.807) is 0 Å². The summed E-state index contributed by atoms with van der Waals surface area (Å²) in [5.41, 5.74) is 3.53. The molecule has 1 radical (unpaired) electrons. The number of benzene rings is 4. The summed E-state index contributed by atoms with van der Waals surface area (Å²) in [6.07, 6.45) is 0. The zero-order valence-corrected chi connectivity index (χ0v) is 12.5. The van der Waals surface area contributed by atoms with Gasteiger partial charge in [0.25, 0.3) is 0 Å². The molecule has 0 aliphatic carbocycles. The largest absolute Gasteiger partial charge is 0.309 e. The van der Waals surface area contributed by atoms with Crippen LogP contribution in [0.5, 0.6) is 0 Å². The van der Waals surface area contributed by atoms with E-state index in [0.717, 1.165) is 5.52 Å². The van der Waals surface area contributed by atoms with Gasteiger partial charge in [0.2, 0.25) is 0 Å². The summed E-state index contributed by atoms with van der Waals surface area (Å²) in [6.45, 7) is 0. The minimum Gasteiger partial charge on any atom is -0.309 e. The molecule has 0 spiro atoms. The van der Waals surface area contributed by atoms with Gasteiger partial charge >= 0.3 is 0 Å². The number of fused-ring (bicyclic) bond motifs is 5. The first-order valence-electron chi connectivity index (χ1n) is 7.81. The SMILES string of the molecule is [c]1cc2ccccc2c2c3ccccc3n(-c3ccccc3)c12. The zero-order chi connectivity index (χ0) is 15.2. The molecule has 0 amide bonds. The lowest BCUT2D eigenvalue weighted by molar-refractivity contribution is 1.18. The van der Waals surface area contributed by atoms with Crippen molar-refractivity contribution < 1.29 is 0 Å². The van der Waals surface area contributed by atoms with Gasteiger partial charge in [0.1, 0.15) is 0 Å². The van der Waals surface area contributed by atoms with Crippen LogP contribution in [0, 0.1) is 6.07 Å². The Hall–Kier alpha value is -3.06. The Labute approximate surface area is 134 Å². The fourth-order valence-corrected chi connectivity index (χ4v) is 3.49. The molecule has 1 aromatic heterocycles. The molecule has 0 saturated carbocycles. The number of rotatable bonds is 1. The average molecular weight is 292 g/mol. The summed E-state index contributed by atoms with van der Waals surface area (Å²) in [5, 5.41) is 5.07. The van der Waals surface area contributed by atoms with Gasteiger partial charge < -0.3 is 4.57 Å². The van der Waals surface area contributed by atoms with Crippen molar-refractivity contribution in [2.75, 3.05) is 0 Å². The van der Waals surface area contributed by atoms with Crippen molar-refractivity contribution in [3.8, 4) is 5.69 Å². The first-order valence-corrected chi connectivity index (χ1v) is 7.81. The molecule has 0 unspecified atom stereocenters. The van der Waals surface area contributed by atoms with Gasteiger partial charge in [-0.25, -0.2) is 0 Å². The molecular weight excluding hydrogens is 278 g/mol. The van der Waals surface area contributed by atoms with E-state index in [2.05, 4.69) is 95.6 Å². The minimum absolute atomic E-state index is 1.14. The topological polar surface area (TPSA) is 4.93 Å². The van der Waals surface area contributed by atoms with Crippen molar-refractivity contribution in [1.29, 1.82) is 0 Å². The number of hydrogen-bond donors (Lipinski definition) is 0. The van der Waals surface area contributed by atoms with Crippen LogP contribution < -0.4 is 0 Å². The van der Waals surface area contributed by atoms with Crippen LogP contribution in [0.1, 0.15) is 0 Å². The number of hydrogen-bond acceptors (Lipinski definition) is 0. The molecule has 0 bridgehead atoms. The van der Waals surface area contributed by atoms with Crippen molar-refractivity contribution in [3.05, 3.63) is 91.0 Å². The summed E-state index contributed by atoms with van der Waals surface area (Å²) in [4.78, 5) is 0. The fourth-order valence-electron chi connectivity index (χ4n) is 3.49. The molecule has 23 heavy (non-hydrogen) atoms. The fraction of sp³-hybridized carbons (Fsp3) is 0. The van der Waals surface area contributed by atoms with E-state index in [-0.39, 0.29) is 0 Å². The third kappa shape index (κ3) is 1.74. The molecule has 0 saturated heterocycles. The molecule has 0 atom stereocenters. The highest BCUT2D eigenvalue weighted by Crippen LogP contribution is 2.36. The van der Waals surface area contributed by atoms with Gasteiger partial charge in [-0.1, -0.05) is 60.7 Å². The molecule has 1 heterocycles. The van der Waals surface area contributed by atoms with Crippen LogP contribution >= 0.6 is 0 Å². The van der Waals surface area contributed by atoms with E-state index in [0.29, 0.717) is 0 Å². The lowest BCUT2D eigenvalue weighted by Gasteiger charge is -2.07. The Morgan fingerprint density at radius 3 is 2.22 bits per heavy atom. The highest BCUT2D eigenvalue weighted by atomic mass is 15.0. The molecule has 5 aromatic rings. The number of aromatic nitrogens is 1. The van der Waals surface area contributed by atoms with Crippen LogP contribution in [0.2, 0.25) is 0 Å². The van der Waals surface area contributed by atoms with E-state index in [1.165, 1.54) is 32.7 Å². The van der Waals surface area contributed by atoms with E-state index >= 15 is 0 Å². The van der Waals surface area contributed by atoms with Crippen molar-refractivity contribution in [1.82, 2.24) is 4.57 Å². The molecule has 1 nitrogen and oxygen atoms in total. The Kier molecular flexibility index (Phi) is 2.56. The Bertz CT molecular complexity index is 1150. The monoisotopic (exact) mass is 292 g/mol. The maximum absolute atomic E-state index is 3.51. The third-order valence-corrected chi connectivity index (χ3v) is 4.48. The van der Waals surface area contributed by atoms with Crippen molar-refractivity contribution in [2.24, 2.45) is 0 Å². The molecule has 4 aromatic carbocycles. The number of para-hydroxylation sites is 2. The second kappa shape index (κ2) is 4.72. The Morgan fingerprint density at radius 2 is 1.35 bits per heavy atom. The summed E-state index contributed by atoms with van der Waals surface area (Å²) in [5.74, 6) is 0. The van der Waals surface area contributed by atoms with Gasteiger partial charge in [-0.2, -0.15) is 0 Å². The van der Waals surface area contributed by atoms with Crippen LogP contribution in [-0.4, -0.2) is 4.57 Å². The van der Waals surface area contributed by atoms with Gasteiger partial charge in [-0.05, 0) is 35.0 Å². The minimum atomic E-state index is 1.14. The molecule has 107 valence electrons. The summed E-state index contributed by atoms with van der Waals surface area (Å²) >= 11 is 0. The second-order valence-electron chi connectivity index (χ2n) is 5.79. The summed E-state index contributed by atoms with van der Waals surface area (Å²) < 4.78 is 2.30. The van der Waals surface area contributed by atoms with Crippen molar-refractivity contribution in [3.63, 3.8) is 0 Å². The maximum Gasteiger partial charge on any atom is 0.0626 e. The van der Waals surface area contributed by atoms with Crippen LogP contribution in [0.15, 0.2) is 84.9 Å². The van der Waals surface area contributed by atoms with Crippen molar-refractivity contribution >= 4 is 32.6 Å². The lowest BCUT2D eigenvalue weighted by Crippen LogP contribution is -1.92. The average Bonchev–Trinajstić information content (AvgIpc) is 2.97. The number of nitrogens with zero attached hydrogens (tertiary/aromatic N) is 1. The molecule has 5 rings (SSSR count). The molecular formula is C22H14N. The third-order valence-electron chi connectivity index (χ3n) is 4.48. The quantitative estimate of drug-likeness (QED) is 0.371.